The monoisotopic (exact) mass is 673 g/mol. The summed E-state index contributed by atoms with van der Waals surface area (Å²) in [4.78, 5) is 63.8. The molecule has 3 heterocycles. The van der Waals surface area contributed by atoms with Crippen LogP contribution in [0.5, 0.6) is 0 Å². The summed E-state index contributed by atoms with van der Waals surface area (Å²) in [5, 5.41) is 6.31. The van der Waals surface area contributed by atoms with Crippen LogP contribution in [0.25, 0.3) is 22.2 Å². The number of nitrogens with zero attached hydrogens (tertiary/aromatic N) is 2. The number of likely N-dealkylation sites (tertiary alicyclic amines) is 1. The minimum atomic E-state index is -0.504. The minimum Gasteiger partial charge on any atom is -0.385 e. The second kappa shape index (κ2) is 14.4. The van der Waals surface area contributed by atoms with Gasteiger partial charge in [0.05, 0.1) is 17.5 Å². The Labute approximate surface area is 290 Å². The molecule has 0 radical (unpaired) electrons. The van der Waals surface area contributed by atoms with Gasteiger partial charge in [-0.3, -0.25) is 19.2 Å². The molecule has 0 bridgehead atoms. The van der Waals surface area contributed by atoms with Crippen molar-refractivity contribution in [3.05, 3.63) is 116 Å². The molecule has 6 N–H and O–H groups in total. The maximum Gasteiger partial charge on any atom is 0.253 e. The van der Waals surface area contributed by atoms with E-state index in [1.165, 1.54) is 0 Å². The molecule has 3 amide bonds. The quantitative estimate of drug-likeness (QED) is 0.136. The number of aromatic amines is 2. The van der Waals surface area contributed by atoms with Gasteiger partial charge in [0.1, 0.15) is 11.3 Å². The summed E-state index contributed by atoms with van der Waals surface area (Å²) in [7, 11) is 0. The standard InChI is InChI=1S/C39H43N7O4/c1-5-41-33-20-28(19-30(24(33)4)38(49)42-21-31-22(2)17-23(3)43-39(31)50)26-11-9-25(10-12-26)18-34(47)46-15-13-27(14-16-46)37-44-32-8-6-7-29(36(40)48)35(32)45-37/h6-12,17,19-20,27,41H,5,13-16,18,21H2,1-4H3,(H2,40,48)(H,42,49)(H,43,50)(H,44,45). The predicted octanol–water partition coefficient (Wildman–Crippen LogP) is 5.25. The number of para-hydroxylation sites is 1. The third-order valence-electron chi connectivity index (χ3n) is 9.61. The third-order valence-corrected chi connectivity index (χ3v) is 9.61. The van der Waals surface area contributed by atoms with Crippen molar-refractivity contribution in [3.8, 4) is 11.1 Å². The van der Waals surface area contributed by atoms with Crippen molar-refractivity contribution in [2.45, 2.75) is 59.4 Å². The molecule has 11 nitrogen and oxygen atoms in total. The molecule has 0 aliphatic carbocycles. The molecule has 1 aliphatic rings. The molecule has 0 saturated carbocycles. The number of piperidine rings is 1. The van der Waals surface area contributed by atoms with Gasteiger partial charge in [-0.05, 0) is 98.7 Å². The van der Waals surface area contributed by atoms with Crippen LogP contribution in [0.15, 0.2) is 65.5 Å². The number of primary amides is 1. The van der Waals surface area contributed by atoms with Crippen molar-refractivity contribution in [2.24, 2.45) is 5.73 Å². The summed E-state index contributed by atoms with van der Waals surface area (Å²) in [5.74, 6) is 0.292. The lowest BCUT2D eigenvalue weighted by atomic mass is 9.95. The van der Waals surface area contributed by atoms with Crippen molar-refractivity contribution < 1.29 is 14.4 Å². The summed E-state index contributed by atoms with van der Waals surface area (Å²) in [6.07, 6.45) is 1.84. The van der Waals surface area contributed by atoms with Gasteiger partial charge in [0.25, 0.3) is 17.4 Å². The largest absolute Gasteiger partial charge is 0.385 e. The fourth-order valence-electron chi connectivity index (χ4n) is 6.80. The SMILES string of the molecule is CCNc1cc(-c2ccc(CC(=O)N3CCC(c4nc5c(C(N)=O)cccc5[nH]4)CC3)cc2)cc(C(=O)NCc2c(C)cc(C)[nH]c2=O)c1C. The van der Waals surface area contributed by atoms with Gasteiger partial charge >= 0.3 is 0 Å². The van der Waals surface area contributed by atoms with Gasteiger partial charge in [-0.15, -0.1) is 0 Å². The molecule has 3 aromatic carbocycles. The fraction of sp³-hybridized carbons (Fsp3) is 0.308. The zero-order chi connectivity index (χ0) is 35.5. The first kappa shape index (κ1) is 34.2. The number of aromatic nitrogens is 3. The maximum absolute atomic E-state index is 13.5. The van der Waals surface area contributed by atoms with Crippen LogP contribution in [0.4, 0.5) is 5.69 Å². The van der Waals surface area contributed by atoms with Crippen molar-refractivity contribution >= 4 is 34.4 Å². The number of imidazole rings is 1. The zero-order valence-corrected chi connectivity index (χ0v) is 28.9. The number of hydrogen-bond donors (Lipinski definition) is 5. The summed E-state index contributed by atoms with van der Waals surface area (Å²) in [5.41, 5.74) is 14.2. The highest BCUT2D eigenvalue weighted by Gasteiger charge is 2.26. The van der Waals surface area contributed by atoms with E-state index >= 15 is 0 Å². The number of pyridine rings is 1. The number of carbonyl (C=O) groups is 3. The lowest BCUT2D eigenvalue weighted by Gasteiger charge is -2.31. The van der Waals surface area contributed by atoms with Crippen LogP contribution in [-0.2, 0) is 17.8 Å². The van der Waals surface area contributed by atoms with Gasteiger partial charge in [-0.1, -0.05) is 30.3 Å². The Balaban J connectivity index is 1.11. The van der Waals surface area contributed by atoms with E-state index in [4.69, 9.17) is 10.7 Å². The highest BCUT2D eigenvalue weighted by atomic mass is 16.2. The first-order chi connectivity index (χ1) is 24.0. The lowest BCUT2D eigenvalue weighted by molar-refractivity contribution is -0.131. The third kappa shape index (κ3) is 7.17. The number of aryl methyl sites for hydroxylation is 2. The molecule has 0 atom stereocenters. The normalized spacial score (nSPS) is 13.4. The molecule has 2 aromatic heterocycles. The second-order valence-corrected chi connectivity index (χ2v) is 13.1. The Morgan fingerprint density at radius 3 is 2.36 bits per heavy atom. The molecular weight excluding hydrogens is 630 g/mol. The average molecular weight is 674 g/mol. The molecule has 11 heteroatoms. The molecule has 0 spiro atoms. The number of amides is 3. The van der Waals surface area contributed by atoms with E-state index in [-0.39, 0.29) is 29.8 Å². The first-order valence-electron chi connectivity index (χ1n) is 17.0. The van der Waals surface area contributed by atoms with E-state index in [1.807, 2.05) is 81.1 Å². The number of carbonyl (C=O) groups excluding carboxylic acids is 3. The molecule has 1 aliphatic heterocycles. The molecular formula is C39H43N7O4. The summed E-state index contributed by atoms with van der Waals surface area (Å²) < 4.78 is 0. The second-order valence-electron chi connectivity index (χ2n) is 13.1. The van der Waals surface area contributed by atoms with Crippen LogP contribution in [-0.4, -0.2) is 57.2 Å². The Morgan fingerprint density at radius 1 is 0.940 bits per heavy atom. The van der Waals surface area contributed by atoms with E-state index in [2.05, 4.69) is 20.6 Å². The molecule has 6 rings (SSSR count). The maximum atomic E-state index is 13.5. The minimum absolute atomic E-state index is 0.0724. The number of rotatable bonds is 10. The summed E-state index contributed by atoms with van der Waals surface area (Å²) in [6.45, 7) is 9.68. The Kier molecular flexibility index (Phi) is 9.85. The van der Waals surface area contributed by atoms with Gasteiger partial charge < -0.3 is 31.2 Å². The molecule has 5 aromatic rings. The lowest BCUT2D eigenvalue weighted by Crippen LogP contribution is -2.39. The van der Waals surface area contributed by atoms with E-state index < -0.39 is 5.91 Å². The number of anilines is 1. The number of fused-ring (bicyclic) bond motifs is 1. The average Bonchev–Trinajstić information content (AvgIpc) is 3.54. The van der Waals surface area contributed by atoms with E-state index in [9.17, 15) is 19.2 Å². The van der Waals surface area contributed by atoms with Crippen LogP contribution >= 0.6 is 0 Å². The number of H-pyrrole nitrogens is 2. The molecule has 50 heavy (non-hydrogen) atoms. The van der Waals surface area contributed by atoms with Gasteiger partial charge in [0.15, 0.2) is 0 Å². The fourth-order valence-corrected chi connectivity index (χ4v) is 6.80. The van der Waals surface area contributed by atoms with Gasteiger partial charge in [-0.25, -0.2) is 4.98 Å². The Bertz CT molecular complexity index is 2140. The van der Waals surface area contributed by atoms with Crippen LogP contribution in [0.3, 0.4) is 0 Å². The van der Waals surface area contributed by atoms with Crippen LogP contribution in [0, 0.1) is 20.8 Å². The Morgan fingerprint density at radius 2 is 1.68 bits per heavy atom. The molecule has 258 valence electrons. The highest BCUT2D eigenvalue weighted by Crippen LogP contribution is 2.31. The van der Waals surface area contributed by atoms with Gasteiger partial charge in [0.2, 0.25) is 5.91 Å². The van der Waals surface area contributed by atoms with Crippen molar-refractivity contribution in [2.75, 3.05) is 25.0 Å². The van der Waals surface area contributed by atoms with Crippen molar-refractivity contribution in [1.82, 2.24) is 25.2 Å². The first-order valence-corrected chi connectivity index (χ1v) is 17.0. The molecule has 1 saturated heterocycles. The summed E-state index contributed by atoms with van der Waals surface area (Å²) >= 11 is 0. The number of hydrogen-bond acceptors (Lipinski definition) is 6. The molecule has 1 fully saturated rings. The van der Waals surface area contributed by atoms with Gasteiger partial charge in [-0.2, -0.15) is 0 Å². The van der Waals surface area contributed by atoms with E-state index in [1.54, 1.807) is 12.1 Å². The smallest absolute Gasteiger partial charge is 0.253 e. The van der Waals surface area contributed by atoms with E-state index in [0.29, 0.717) is 48.3 Å². The molecule has 0 unspecified atom stereocenters. The Hall–Kier alpha value is -5.71. The van der Waals surface area contributed by atoms with E-state index in [0.717, 1.165) is 63.4 Å². The number of nitrogens with two attached hydrogens (primary N) is 1. The number of benzene rings is 3. The topological polar surface area (TPSA) is 166 Å². The highest BCUT2D eigenvalue weighted by molar-refractivity contribution is 6.04. The van der Waals surface area contributed by atoms with Crippen LogP contribution in [0.2, 0.25) is 0 Å². The van der Waals surface area contributed by atoms with Crippen molar-refractivity contribution in [3.63, 3.8) is 0 Å². The van der Waals surface area contributed by atoms with Crippen LogP contribution in [0.1, 0.15) is 80.2 Å². The zero-order valence-electron chi connectivity index (χ0n) is 28.9. The van der Waals surface area contributed by atoms with Crippen LogP contribution < -0.4 is 21.9 Å². The summed E-state index contributed by atoms with van der Waals surface area (Å²) in [6, 6.07) is 19.0. The predicted molar refractivity (Wildman–Crippen MR) is 195 cm³/mol. The van der Waals surface area contributed by atoms with Crippen molar-refractivity contribution in [1.29, 1.82) is 0 Å². The van der Waals surface area contributed by atoms with Gasteiger partial charge in [0, 0.05) is 54.6 Å². The number of nitrogens with one attached hydrogen (secondary N) is 4.